The smallest absolute Gasteiger partial charge is 0.208 e. The van der Waals surface area contributed by atoms with Crippen LogP contribution >= 0.6 is 0 Å². The van der Waals surface area contributed by atoms with Crippen molar-refractivity contribution in [1.82, 2.24) is 10.1 Å². The fourth-order valence-electron chi connectivity index (χ4n) is 2.80. The topological polar surface area (TPSA) is 49.5 Å². The molecule has 2 aromatic rings. The number of piperidine rings is 1. The van der Waals surface area contributed by atoms with Crippen molar-refractivity contribution >= 4 is 11.0 Å². The molecule has 0 aliphatic carbocycles. The van der Waals surface area contributed by atoms with Crippen LogP contribution in [0.1, 0.15) is 31.4 Å². The number of aromatic nitrogens is 1. The van der Waals surface area contributed by atoms with E-state index in [1.807, 2.05) is 12.1 Å². The Kier molecular flexibility index (Phi) is 2.74. The Morgan fingerprint density at radius 2 is 2.28 bits per heavy atom. The number of aromatic hydroxyl groups is 1. The van der Waals surface area contributed by atoms with Gasteiger partial charge in [-0.3, -0.25) is 0 Å². The van der Waals surface area contributed by atoms with Crippen molar-refractivity contribution in [2.45, 2.75) is 31.7 Å². The summed E-state index contributed by atoms with van der Waals surface area (Å²) < 4.78 is 5.28. The first-order valence-corrected chi connectivity index (χ1v) is 6.44. The number of likely N-dealkylation sites (tertiary alicyclic amines) is 1. The molecule has 1 aromatic carbocycles. The molecule has 1 fully saturated rings. The third-order valence-corrected chi connectivity index (χ3v) is 4.10. The minimum absolute atomic E-state index is 0.173. The van der Waals surface area contributed by atoms with E-state index in [1.165, 1.54) is 0 Å². The number of phenols is 1. The number of nitrogens with zero attached hydrogens (tertiary/aromatic N) is 2. The average molecular weight is 246 g/mol. The van der Waals surface area contributed by atoms with Crippen molar-refractivity contribution < 1.29 is 9.63 Å². The van der Waals surface area contributed by atoms with E-state index in [0.717, 1.165) is 30.5 Å². The Morgan fingerprint density at radius 1 is 1.44 bits per heavy atom. The zero-order chi connectivity index (χ0) is 12.7. The summed E-state index contributed by atoms with van der Waals surface area (Å²) >= 11 is 0. The van der Waals surface area contributed by atoms with E-state index in [1.54, 1.807) is 6.07 Å². The van der Waals surface area contributed by atoms with Crippen LogP contribution in [0.2, 0.25) is 0 Å². The van der Waals surface area contributed by atoms with Crippen LogP contribution in [0, 0.1) is 0 Å². The number of hydrogen-bond donors (Lipinski definition) is 1. The molecule has 0 radical (unpaired) electrons. The lowest BCUT2D eigenvalue weighted by atomic mass is 9.88. The first-order valence-electron chi connectivity index (χ1n) is 6.44. The van der Waals surface area contributed by atoms with Gasteiger partial charge >= 0.3 is 0 Å². The van der Waals surface area contributed by atoms with Gasteiger partial charge in [-0.25, -0.2) is 0 Å². The molecule has 1 aliphatic rings. The normalized spacial score (nSPS) is 25.7. The highest BCUT2D eigenvalue weighted by molar-refractivity contribution is 5.84. The van der Waals surface area contributed by atoms with Crippen molar-refractivity contribution in [3.8, 4) is 5.75 Å². The molecule has 1 aromatic heterocycles. The zero-order valence-electron chi connectivity index (χ0n) is 10.8. The molecule has 0 spiro atoms. The predicted octanol–water partition coefficient (Wildman–Crippen LogP) is 2.73. The maximum absolute atomic E-state index is 9.73. The molecule has 1 saturated heterocycles. The highest BCUT2D eigenvalue weighted by Crippen LogP contribution is 2.36. The van der Waals surface area contributed by atoms with E-state index in [4.69, 9.17) is 4.52 Å². The van der Waals surface area contributed by atoms with Crippen LogP contribution < -0.4 is 0 Å². The molecule has 96 valence electrons. The summed E-state index contributed by atoms with van der Waals surface area (Å²) in [4.78, 5) is 2.37. The van der Waals surface area contributed by atoms with Gasteiger partial charge in [-0.2, -0.15) is 0 Å². The largest absolute Gasteiger partial charge is 0.504 e. The summed E-state index contributed by atoms with van der Waals surface area (Å²) in [7, 11) is 2.16. The molecule has 2 atom stereocenters. The van der Waals surface area contributed by atoms with E-state index in [9.17, 15) is 5.11 Å². The van der Waals surface area contributed by atoms with Crippen molar-refractivity contribution in [3.63, 3.8) is 0 Å². The monoisotopic (exact) mass is 246 g/mol. The number of rotatable bonds is 1. The fourth-order valence-corrected chi connectivity index (χ4v) is 2.80. The van der Waals surface area contributed by atoms with Crippen LogP contribution in [-0.2, 0) is 0 Å². The standard InChI is InChI=1S/C14H18N2O2/c1-9-8-10(6-7-16(9)2)13-11-4-3-5-12(17)14(11)18-15-13/h3-5,9-10,17H,6-8H2,1-2H3. The highest BCUT2D eigenvalue weighted by atomic mass is 16.5. The van der Waals surface area contributed by atoms with E-state index in [0.29, 0.717) is 17.5 Å². The van der Waals surface area contributed by atoms with Gasteiger partial charge in [0.1, 0.15) is 0 Å². The molecule has 18 heavy (non-hydrogen) atoms. The molecule has 4 heteroatoms. The fraction of sp³-hybridized carbons (Fsp3) is 0.500. The van der Waals surface area contributed by atoms with Crippen LogP contribution in [0.15, 0.2) is 22.7 Å². The molecule has 0 amide bonds. The average Bonchev–Trinajstić information content (AvgIpc) is 2.78. The van der Waals surface area contributed by atoms with Crippen LogP contribution in [0.25, 0.3) is 11.0 Å². The number of hydrogen-bond acceptors (Lipinski definition) is 4. The summed E-state index contributed by atoms with van der Waals surface area (Å²) in [5, 5.41) is 14.9. The Morgan fingerprint density at radius 3 is 3.06 bits per heavy atom. The molecule has 2 unspecified atom stereocenters. The number of benzene rings is 1. The highest BCUT2D eigenvalue weighted by Gasteiger charge is 2.28. The first kappa shape index (κ1) is 11.5. The second-order valence-electron chi connectivity index (χ2n) is 5.27. The Balaban J connectivity index is 1.98. The Labute approximate surface area is 106 Å². The van der Waals surface area contributed by atoms with Gasteiger partial charge in [0.05, 0.1) is 5.69 Å². The van der Waals surface area contributed by atoms with E-state index < -0.39 is 0 Å². The molecule has 1 aliphatic heterocycles. The SMILES string of the molecule is CC1CC(c2noc3c(O)cccc23)CCN1C. The van der Waals surface area contributed by atoms with Gasteiger partial charge in [-0.05, 0) is 45.5 Å². The minimum atomic E-state index is 0.173. The quantitative estimate of drug-likeness (QED) is 0.840. The molecular formula is C14H18N2O2. The van der Waals surface area contributed by atoms with E-state index >= 15 is 0 Å². The van der Waals surface area contributed by atoms with Crippen molar-refractivity contribution in [3.05, 3.63) is 23.9 Å². The summed E-state index contributed by atoms with van der Waals surface area (Å²) in [6, 6.07) is 6.02. The van der Waals surface area contributed by atoms with Crippen LogP contribution in [0.5, 0.6) is 5.75 Å². The van der Waals surface area contributed by atoms with Gasteiger partial charge in [0.15, 0.2) is 5.75 Å². The number of phenolic OH excluding ortho intramolecular Hbond substituents is 1. The predicted molar refractivity (Wildman–Crippen MR) is 69.7 cm³/mol. The van der Waals surface area contributed by atoms with E-state index in [-0.39, 0.29) is 5.75 Å². The summed E-state index contributed by atoms with van der Waals surface area (Å²) in [6.07, 6.45) is 2.19. The third kappa shape index (κ3) is 1.77. The zero-order valence-corrected chi connectivity index (χ0v) is 10.8. The lowest BCUT2D eigenvalue weighted by Crippen LogP contribution is -2.37. The summed E-state index contributed by atoms with van der Waals surface area (Å²) in [6.45, 7) is 3.32. The minimum Gasteiger partial charge on any atom is -0.504 e. The lowest BCUT2D eigenvalue weighted by molar-refractivity contribution is 0.180. The van der Waals surface area contributed by atoms with Crippen molar-refractivity contribution in [1.29, 1.82) is 0 Å². The Hall–Kier alpha value is -1.55. The van der Waals surface area contributed by atoms with Gasteiger partial charge in [0, 0.05) is 17.3 Å². The Bertz CT molecular complexity index is 564. The van der Waals surface area contributed by atoms with Crippen molar-refractivity contribution in [2.75, 3.05) is 13.6 Å². The van der Waals surface area contributed by atoms with Gasteiger partial charge in [0.2, 0.25) is 5.58 Å². The van der Waals surface area contributed by atoms with Gasteiger partial charge in [-0.1, -0.05) is 11.2 Å². The second kappa shape index (κ2) is 4.28. The molecule has 0 bridgehead atoms. The first-order chi connectivity index (χ1) is 8.66. The lowest BCUT2D eigenvalue weighted by Gasteiger charge is -2.34. The molecule has 4 nitrogen and oxygen atoms in total. The maximum atomic E-state index is 9.73. The van der Waals surface area contributed by atoms with Gasteiger partial charge in [0.25, 0.3) is 0 Å². The van der Waals surface area contributed by atoms with Crippen LogP contribution in [0.4, 0.5) is 0 Å². The summed E-state index contributed by atoms with van der Waals surface area (Å²) in [5.41, 5.74) is 1.51. The summed E-state index contributed by atoms with van der Waals surface area (Å²) in [5.74, 6) is 0.603. The van der Waals surface area contributed by atoms with Crippen LogP contribution in [-0.4, -0.2) is 34.8 Å². The molecule has 3 rings (SSSR count). The third-order valence-electron chi connectivity index (χ3n) is 4.10. The second-order valence-corrected chi connectivity index (χ2v) is 5.27. The van der Waals surface area contributed by atoms with Crippen molar-refractivity contribution in [2.24, 2.45) is 0 Å². The van der Waals surface area contributed by atoms with Gasteiger partial charge in [-0.15, -0.1) is 0 Å². The number of fused-ring (bicyclic) bond motifs is 1. The molecule has 2 heterocycles. The maximum Gasteiger partial charge on any atom is 0.208 e. The molecular weight excluding hydrogens is 228 g/mol. The number of para-hydroxylation sites is 1. The molecule has 1 N–H and O–H groups in total. The van der Waals surface area contributed by atoms with Crippen LogP contribution in [0.3, 0.4) is 0 Å². The van der Waals surface area contributed by atoms with Gasteiger partial charge < -0.3 is 14.5 Å². The van der Waals surface area contributed by atoms with E-state index in [2.05, 4.69) is 24.0 Å². The molecule has 0 saturated carbocycles.